The van der Waals surface area contributed by atoms with E-state index in [1.165, 1.54) is 12.7 Å². The van der Waals surface area contributed by atoms with Crippen LogP contribution in [0.1, 0.15) is 30.9 Å². The lowest BCUT2D eigenvalue weighted by atomic mass is 9.79. The van der Waals surface area contributed by atoms with Crippen molar-refractivity contribution in [3.8, 4) is 0 Å². The molecule has 1 saturated carbocycles. The molecule has 1 heterocycles. The molecule has 1 aromatic heterocycles. The van der Waals surface area contributed by atoms with Crippen LogP contribution >= 0.6 is 11.6 Å². The number of rotatable bonds is 2. The molecule has 0 amide bonds. The second-order valence-corrected chi connectivity index (χ2v) is 3.63. The van der Waals surface area contributed by atoms with Crippen LogP contribution in [0.5, 0.6) is 0 Å². The number of hydrogen-bond acceptors (Lipinski definition) is 2. The molecule has 12 heavy (non-hydrogen) atoms. The van der Waals surface area contributed by atoms with Crippen LogP contribution in [-0.2, 0) is 0 Å². The molecule has 1 aromatic rings. The third-order valence-electron chi connectivity index (χ3n) is 2.56. The molecular weight excluding hydrogens is 176 g/mol. The van der Waals surface area contributed by atoms with Crippen LogP contribution in [0.25, 0.3) is 0 Å². The smallest absolute Gasteiger partial charge is 0.198 e. The van der Waals surface area contributed by atoms with E-state index in [9.17, 15) is 5.11 Å². The van der Waals surface area contributed by atoms with E-state index in [0.29, 0.717) is 11.1 Å². The van der Waals surface area contributed by atoms with Crippen molar-refractivity contribution in [2.45, 2.75) is 25.4 Å². The van der Waals surface area contributed by atoms with Gasteiger partial charge in [0.05, 0.1) is 12.4 Å². The summed E-state index contributed by atoms with van der Waals surface area (Å²) in [6.45, 7) is 0. The highest BCUT2D eigenvalue weighted by atomic mass is 35.5. The SMILES string of the molecule is OC(c1ccoc1Cl)C1CCC1. The van der Waals surface area contributed by atoms with Gasteiger partial charge in [0.15, 0.2) is 5.22 Å². The van der Waals surface area contributed by atoms with Crippen LogP contribution in [0, 0.1) is 5.92 Å². The van der Waals surface area contributed by atoms with Gasteiger partial charge in [-0.2, -0.15) is 0 Å². The molecule has 3 heteroatoms. The van der Waals surface area contributed by atoms with Crippen molar-refractivity contribution in [2.24, 2.45) is 5.92 Å². The van der Waals surface area contributed by atoms with E-state index in [0.717, 1.165) is 18.4 Å². The van der Waals surface area contributed by atoms with Gasteiger partial charge in [0, 0.05) is 5.56 Å². The van der Waals surface area contributed by atoms with Gasteiger partial charge >= 0.3 is 0 Å². The molecule has 0 bridgehead atoms. The Balaban J connectivity index is 2.13. The molecule has 1 aliphatic rings. The summed E-state index contributed by atoms with van der Waals surface area (Å²) in [5.74, 6) is 0.389. The van der Waals surface area contributed by atoms with Gasteiger partial charge < -0.3 is 9.52 Å². The zero-order valence-electron chi connectivity index (χ0n) is 6.66. The van der Waals surface area contributed by atoms with Crippen molar-refractivity contribution in [1.29, 1.82) is 0 Å². The van der Waals surface area contributed by atoms with Gasteiger partial charge in [0.2, 0.25) is 0 Å². The first-order valence-corrected chi connectivity index (χ1v) is 4.58. The maximum absolute atomic E-state index is 9.77. The van der Waals surface area contributed by atoms with Crippen molar-refractivity contribution in [3.63, 3.8) is 0 Å². The number of furan rings is 1. The molecule has 1 fully saturated rings. The highest BCUT2D eigenvalue weighted by molar-refractivity contribution is 6.29. The lowest BCUT2D eigenvalue weighted by molar-refractivity contribution is 0.0617. The Morgan fingerprint density at radius 2 is 2.33 bits per heavy atom. The topological polar surface area (TPSA) is 33.4 Å². The molecule has 1 aliphatic carbocycles. The number of halogens is 1. The number of aliphatic hydroxyl groups excluding tert-OH is 1. The lowest BCUT2D eigenvalue weighted by Crippen LogP contribution is -2.19. The molecule has 0 aromatic carbocycles. The molecule has 0 saturated heterocycles. The molecule has 0 aliphatic heterocycles. The average Bonchev–Trinajstić information content (AvgIpc) is 2.31. The summed E-state index contributed by atoms with van der Waals surface area (Å²) in [7, 11) is 0. The Bertz CT molecular complexity index is 265. The van der Waals surface area contributed by atoms with Crippen LogP contribution in [0.4, 0.5) is 0 Å². The minimum Gasteiger partial charge on any atom is -0.453 e. The van der Waals surface area contributed by atoms with E-state index in [4.69, 9.17) is 16.0 Å². The first kappa shape index (κ1) is 8.14. The second kappa shape index (κ2) is 3.11. The van der Waals surface area contributed by atoms with Crippen LogP contribution in [0.15, 0.2) is 16.7 Å². The maximum atomic E-state index is 9.77. The van der Waals surface area contributed by atoms with Gasteiger partial charge in [-0.15, -0.1) is 0 Å². The standard InChI is InChI=1S/C9H11ClO2/c10-9-7(4-5-12-9)8(11)6-2-1-3-6/h4-6,8,11H,1-3H2. The molecular formula is C9H11ClO2. The maximum Gasteiger partial charge on any atom is 0.198 e. The molecule has 1 atom stereocenters. The van der Waals surface area contributed by atoms with Crippen LogP contribution < -0.4 is 0 Å². The van der Waals surface area contributed by atoms with Gasteiger partial charge in [0.25, 0.3) is 0 Å². The van der Waals surface area contributed by atoms with Gasteiger partial charge in [0.1, 0.15) is 0 Å². The van der Waals surface area contributed by atoms with Gasteiger partial charge in [-0.1, -0.05) is 6.42 Å². The summed E-state index contributed by atoms with van der Waals surface area (Å²) in [4.78, 5) is 0. The molecule has 2 rings (SSSR count). The summed E-state index contributed by atoms with van der Waals surface area (Å²) in [6.07, 6.45) is 4.51. The Labute approximate surface area is 76.1 Å². The zero-order valence-corrected chi connectivity index (χ0v) is 7.42. The normalized spacial score (nSPS) is 20.5. The zero-order chi connectivity index (χ0) is 8.55. The first-order valence-electron chi connectivity index (χ1n) is 4.20. The highest BCUT2D eigenvalue weighted by Gasteiger charge is 2.28. The lowest BCUT2D eigenvalue weighted by Gasteiger charge is -2.29. The van der Waals surface area contributed by atoms with E-state index < -0.39 is 6.10 Å². The molecule has 1 unspecified atom stereocenters. The predicted octanol–water partition coefficient (Wildman–Crippen LogP) is 2.77. The Hall–Kier alpha value is -0.470. The van der Waals surface area contributed by atoms with Gasteiger partial charge in [-0.25, -0.2) is 0 Å². The Kier molecular flexibility index (Phi) is 2.11. The number of aliphatic hydroxyl groups is 1. The first-order chi connectivity index (χ1) is 5.79. The summed E-state index contributed by atoms with van der Waals surface area (Å²) < 4.78 is 4.91. The Morgan fingerprint density at radius 3 is 2.75 bits per heavy atom. The third-order valence-corrected chi connectivity index (χ3v) is 2.87. The summed E-state index contributed by atoms with van der Waals surface area (Å²) in [5.41, 5.74) is 0.737. The summed E-state index contributed by atoms with van der Waals surface area (Å²) in [6, 6.07) is 1.74. The van der Waals surface area contributed by atoms with E-state index in [2.05, 4.69) is 0 Å². The van der Waals surface area contributed by atoms with Crippen LogP contribution in [-0.4, -0.2) is 5.11 Å². The molecule has 66 valence electrons. The second-order valence-electron chi connectivity index (χ2n) is 3.29. The molecule has 0 spiro atoms. The van der Waals surface area contributed by atoms with Crippen molar-refractivity contribution < 1.29 is 9.52 Å². The highest BCUT2D eigenvalue weighted by Crippen LogP contribution is 2.39. The van der Waals surface area contributed by atoms with E-state index >= 15 is 0 Å². The van der Waals surface area contributed by atoms with Crippen molar-refractivity contribution in [2.75, 3.05) is 0 Å². The van der Waals surface area contributed by atoms with Gasteiger partial charge in [-0.3, -0.25) is 0 Å². The fourth-order valence-corrected chi connectivity index (χ4v) is 1.75. The quantitative estimate of drug-likeness (QED) is 0.771. The fraction of sp³-hybridized carbons (Fsp3) is 0.556. The summed E-state index contributed by atoms with van der Waals surface area (Å²) >= 11 is 5.73. The monoisotopic (exact) mass is 186 g/mol. The minimum absolute atomic E-state index is 0.328. The predicted molar refractivity (Wildman–Crippen MR) is 46.0 cm³/mol. The average molecular weight is 187 g/mol. The molecule has 2 nitrogen and oxygen atoms in total. The largest absolute Gasteiger partial charge is 0.453 e. The van der Waals surface area contributed by atoms with E-state index in [1.54, 1.807) is 6.07 Å². The van der Waals surface area contributed by atoms with Crippen molar-refractivity contribution in [3.05, 3.63) is 23.1 Å². The van der Waals surface area contributed by atoms with Crippen molar-refractivity contribution in [1.82, 2.24) is 0 Å². The minimum atomic E-state index is -0.426. The van der Waals surface area contributed by atoms with E-state index in [1.807, 2.05) is 0 Å². The molecule has 1 N–H and O–H groups in total. The Morgan fingerprint density at radius 1 is 1.58 bits per heavy atom. The van der Waals surface area contributed by atoms with Gasteiger partial charge in [-0.05, 0) is 36.4 Å². The van der Waals surface area contributed by atoms with Crippen LogP contribution in [0.2, 0.25) is 5.22 Å². The molecule has 0 radical (unpaired) electrons. The number of hydrogen-bond donors (Lipinski definition) is 1. The third kappa shape index (κ3) is 1.25. The van der Waals surface area contributed by atoms with Crippen molar-refractivity contribution >= 4 is 11.6 Å². The van der Waals surface area contributed by atoms with E-state index in [-0.39, 0.29) is 0 Å². The fourth-order valence-electron chi connectivity index (χ4n) is 1.52. The van der Waals surface area contributed by atoms with Crippen LogP contribution in [0.3, 0.4) is 0 Å². The summed E-state index contributed by atoms with van der Waals surface area (Å²) in [5, 5.41) is 10.1.